The first-order chi connectivity index (χ1) is 10.9. The summed E-state index contributed by atoms with van der Waals surface area (Å²) in [6.45, 7) is 8.55. The molecule has 0 amide bonds. The van der Waals surface area contributed by atoms with E-state index in [-0.39, 0.29) is 18.3 Å². The van der Waals surface area contributed by atoms with Gasteiger partial charge in [0.1, 0.15) is 0 Å². The third kappa shape index (κ3) is 3.56. The first-order valence-electron chi connectivity index (χ1n) is 8.99. The SMILES string of the molecule is CC1(C)OB(C(Cc2ccccc2)=C2CCCCC2)OC1(C)C. The first-order valence-corrected chi connectivity index (χ1v) is 8.99. The number of rotatable bonds is 3. The molecule has 2 aliphatic rings. The highest BCUT2D eigenvalue weighted by Gasteiger charge is 2.52. The van der Waals surface area contributed by atoms with Gasteiger partial charge in [-0.05, 0) is 70.8 Å². The van der Waals surface area contributed by atoms with Crippen LogP contribution in [0.15, 0.2) is 41.4 Å². The molecule has 0 unspecified atom stereocenters. The Morgan fingerprint density at radius 3 is 2.04 bits per heavy atom. The van der Waals surface area contributed by atoms with Gasteiger partial charge >= 0.3 is 7.12 Å². The summed E-state index contributed by atoms with van der Waals surface area (Å²) in [4.78, 5) is 0. The van der Waals surface area contributed by atoms with Gasteiger partial charge in [-0.15, -0.1) is 0 Å². The zero-order chi connectivity index (χ0) is 16.5. The maximum atomic E-state index is 6.37. The standard InChI is InChI=1S/C20H29BO2/c1-19(2)20(3,4)23-21(22-19)18(17-13-9-6-10-14-17)15-16-11-7-5-8-12-16/h5,7-8,11-12H,6,9-10,13-15H2,1-4H3. The smallest absolute Gasteiger partial charge is 0.400 e. The molecule has 1 saturated heterocycles. The summed E-state index contributed by atoms with van der Waals surface area (Å²) in [5.74, 6) is 0. The zero-order valence-electron chi connectivity index (χ0n) is 15.0. The Hall–Kier alpha value is -1.06. The Bertz CT molecular complexity index is 551. The van der Waals surface area contributed by atoms with Crippen molar-refractivity contribution in [2.24, 2.45) is 0 Å². The fourth-order valence-electron chi connectivity index (χ4n) is 3.48. The van der Waals surface area contributed by atoms with Crippen molar-refractivity contribution in [3.63, 3.8) is 0 Å². The van der Waals surface area contributed by atoms with E-state index in [0.717, 1.165) is 6.42 Å². The molecule has 1 aromatic rings. The fourth-order valence-corrected chi connectivity index (χ4v) is 3.48. The van der Waals surface area contributed by atoms with Crippen molar-refractivity contribution < 1.29 is 9.31 Å². The van der Waals surface area contributed by atoms with Crippen molar-refractivity contribution in [2.45, 2.75) is 77.4 Å². The zero-order valence-corrected chi connectivity index (χ0v) is 15.0. The topological polar surface area (TPSA) is 18.5 Å². The molecule has 3 heteroatoms. The summed E-state index contributed by atoms with van der Waals surface area (Å²) in [5, 5.41) is 0. The Balaban J connectivity index is 1.90. The van der Waals surface area contributed by atoms with Gasteiger partial charge in [-0.25, -0.2) is 0 Å². The van der Waals surface area contributed by atoms with Crippen LogP contribution in [0.5, 0.6) is 0 Å². The predicted octanol–water partition coefficient (Wildman–Crippen LogP) is 5.12. The lowest BCUT2D eigenvalue weighted by atomic mass is 9.69. The molecule has 0 radical (unpaired) electrons. The summed E-state index contributed by atoms with van der Waals surface area (Å²) in [6, 6.07) is 10.7. The largest absolute Gasteiger partial charge is 0.490 e. The van der Waals surface area contributed by atoms with E-state index >= 15 is 0 Å². The highest BCUT2D eigenvalue weighted by molar-refractivity contribution is 6.55. The lowest BCUT2D eigenvalue weighted by Crippen LogP contribution is -2.41. The Kier molecular flexibility index (Phi) is 4.71. The van der Waals surface area contributed by atoms with E-state index in [1.54, 1.807) is 5.57 Å². The molecule has 1 aromatic carbocycles. The van der Waals surface area contributed by atoms with Crippen LogP contribution in [0.1, 0.15) is 65.4 Å². The van der Waals surface area contributed by atoms with Crippen molar-refractivity contribution in [1.29, 1.82) is 0 Å². The maximum absolute atomic E-state index is 6.37. The molecular weight excluding hydrogens is 283 g/mol. The van der Waals surface area contributed by atoms with Crippen LogP contribution in [0, 0.1) is 0 Å². The number of benzene rings is 1. The van der Waals surface area contributed by atoms with Gasteiger partial charge in [0.15, 0.2) is 0 Å². The molecule has 1 saturated carbocycles. The number of hydrogen-bond donors (Lipinski definition) is 0. The van der Waals surface area contributed by atoms with Gasteiger partial charge in [0.25, 0.3) is 0 Å². The lowest BCUT2D eigenvalue weighted by molar-refractivity contribution is 0.00578. The molecule has 0 bridgehead atoms. The van der Waals surface area contributed by atoms with Crippen LogP contribution in [0.2, 0.25) is 0 Å². The number of allylic oxidation sites excluding steroid dienone is 2. The highest BCUT2D eigenvalue weighted by Crippen LogP contribution is 2.41. The van der Waals surface area contributed by atoms with Gasteiger partial charge in [0, 0.05) is 0 Å². The Morgan fingerprint density at radius 1 is 0.913 bits per heavy atom. The molecule has 2 fully saturated rings. The number of hydrogen-bond acceptors (Lipinski definition) is 2. The summed E-state index contributed by atoms with van der Waals surface area (Å²) in [7, 11) is -0.201. The molecule has 0 spiro atoms. The van der Waals surface area contributed by atoms with Crippen LogP contribution in [-0.4, -0.2) is 18.3 Å². The Labute approximate surface area is 141 Å². The molecule has 2 nitrogen and oxygen atoms in total. The van der Waals surface area contributed by atoms with Gasteiger partial charge in [-0.2, -0.15) is 0 Å². The molecule has 3 rings (SSSR count). The molecule has 1 aliphatic heterocycles. The summed E-state index contributed by atoms with van der Waals surface area (Å²) >= 11 is 0. The second-order valence-corrected chi connectivity index (χ2v) is 7.94. The van der Waals surface area contributed by atoms with E-state index in [0.29, 0.717) is 0 Å². The van der Waals surface area contributed by atoms with E-state index in [4.69, 9.17) is 9.31 Å². The summed E-state index contributed by atoms with van der Waals surface area (Å²) in [5.41, 5.74) is 3.74. The van der Waals surface area contributed by atoms with Crippen LogP contribution >= 0.6 is 0 Å². The van der Waals surface area contributed by atoms with E-state index in [1.165, 1.54) is 43.1 Å². The average Bonchev–Trinajstić information content (AvgIpc) is 2.75. The predicted molar refractivity (Wildman–Crippen MR) is 96.3 cm³/mol. The van der Waals surface area contributed by atoms with E-state index in [2.05, 4.69) is 58.0 Å². The average molecular weight is 312 g/mol. The molecule has 0 N–H and O–H groups in total. The van der Waals surface area contributed by atoms with Gasteiger partial charge in [-0.1, -0.05) is 42.3 Å². The van der Waals surface area contributed by atoms with Crippen LogP contribution < -0.4 is 0 Å². The molecular formula is C20H29BO2. The summed E-state index contributed by atoms with van der Waals surface area (Å²) < 4.78 is 12.7. The minimum Gasteiger partial charge on any atom is -0.400 e. The van der Waals surface area contributed by atoms with Gasteiger partial charge in [0.2, 0.25) is 0 Å². The van der Waals surface area contributed by atoms with Crippen molar-refractivity contribution >= 4 is 7.12 Å². The minimum absolute atomic E-state index is 0.201. The van der Waals surface area contributed by atoms with Crippen LogP contribution in [-0.2, 0) is 15.7 Å². The third-order valence-electron chi connectivity index (χ3n) is 5.69. The van der Waals surface area contributed by atoms with Gasteiger partial charge in [-0.3, -0.25) is 0 Å². The molecule has 124 valence electrons. The van der Waals surface area contributed by atoms with Crippen LogP contribution in [0.4, 0.5) is 0 Å². The molecule has 0 atom stereocenters. The molecule has 0 aromatic heterocycles. The first kappa shape index (κ1) is 16.8. The molecule has 23 heavy (non-hydrogen) atoms. The normalized spacial score (nSPS) is 23.1. The van der Waals surface area contributed by atoms with Crippen LogP contribution in [0.3, 0.4) is 0 Å². The monoisotopic (exact) mass is 312 g/mol. The molecule has 1 aliphatic carbocycles. The quantitative estimate of drug-likeness (QED) is 0.721. The van der Waals surface area contributed by atoms with Crippen LogP contribution in [0.25, 0.3) is 0 Å². The molecule has 1 heterocycles. The highest BCUT2D eigenvalue weighted by atomic mass is 16.7. The third-order valence-corrected chi connectivity index (χ3v) is 5.69. The van der Waals surface area contributed by atoms with Gasteiger partial charge < -0.3 is 9.31 Å². The summed E-state index contributed by atoms with van der Waals surface area (Å²) in [6.07, 6.45) is 7.29. The lowest BCUT2D eigenvalue weighted by Gasteiger charge is -2.32. The van der Waals surface area contributed by atoms with E-state index in [1.807, 2.05) is 0 Å². The van der Waals surface area contributed by atoms with Crippen molar-refractivity contribution in [1.82, 2.24) is 0 Å². The van der Waals surface area contributed by atoms with Crippen molar-refractivity contribution in [3.05, 3.63) is 46.9 Å². The van der Waals surface area contributed by atoms with Gasteiger partial charge in [0.05, 0.1) is 11.2 Å². The fraction of sp³-hybridized carbons (Fsp3) is 0.600. The second-order valence-electron chi connectivity index (χ2n) is 7.94. The second kappa shape index (κ2) is 6.45. The van der Waals surface area contributed by atoms with E-state index in [9.17, 15) is 0 Å². The minimum atomic E-state index is -0.269. The van der Waals surface area contributed by atoms with Crippen molar-refractivity contribution in [2.75, 3.05) is 0 Å². The Morgan fingerprint density at radius 2 is 1.48 bits per heavy atom. The maximum Gasteiger partial charge on any atom is 0.490 e. The van der Waals surface area contributed by atoms with Crippen molar-refractivity contribution in [3.8, 4) is 0 Å². The van der Waals surface area contributed by atoms with E-state index < -0.39 is 0 Å².